The highest BCUT2D eigenvalue weighted by atomic mass is 15.1. The molecule has 2 aromatic rings. The normalized spacial score (nSPS) is 16.6. The summed E-state index contributed by atoms with van der Waals surface area (Å²) in [5, 5.41) is 9.26. The van der Waals surface area contributed by atoms with Crippen LogP contribution in [0.3, 0.4) is 0 Å². The highest BCUT2D eigenvalue weighted by molar-refractivity contribution is 5.40. The van der Waals surface area contributed by atoms with Crippen molar-refractivity contribution in [1.29, 1.82) is 5.26 Å². The molecule has 2 aromatic carbocycles. The molecule has 0 aromatic heterocycles. The van der Waals surface area contributed by atoms with Crippen LogP contribution in [0.5, 0.6) is 0 Å². The van der Waals surface area contributed by atoms with Gasteiger partial charge in [0.15, 0.2) is 0 Å². The van der Waals surface area contributed by atoms with Crippen LogP contribution >= 0.6 is 0 Å². The highest BCUT2D eigenvalue weighted by Crippen LogP contribution is 2.37. The first-order chi connectivity index (χ1) is 13.7. The minimum Gasteiger partial charge on any atom is -0.299 e. The standard InChI is InChI=1S/C26H34N2/c1-3-4-6-11-26(24-12-13-25(19-27)21(2)18-24)23-14-16-28(17-15-23)20-22-9-7-5-8-10-22/h5,7-10,12-13,18,23,26H,3-4,6,11,14-17,20H2,1-2H3. The van der Waals surface area contributed by atoms with E-state index < -0.39 is 0 Å². The molecule has 0 spiro atoms. The van der Waals surface area contributed by atoms with Crippen LogP contribution < -0.4 is 0 Å². The predicted octanol–water partition coefficient (Wildman–Crippen LogP) is 6.44. The zero-order valence-corrected chi connectivity index (χ0v) is 17.5. The van der Waals surface area contributed by atoms with Crippen molar-refractivity contribution in [3.05, 3.63) is 70.8 Å². The molecule has 2 nitrogen and oxygen atoms in total. The summed E-state index contributed by atoms with van der Waals surface area (Å²) in [5.41, 5.74) is 4.81. The third-order valence-electron chi connectivity index (χ3n) is 6.37. The van der Waals surface area contributed by atoms with E-state index in [1.54, 1.807) is 0 Å². The molecule has 1 atom stereocenters. The predicted molar refractivity (Wildman–Crippen MR) is 117 cm³/mol. The van der Waals surface area contributed by atoms with Gasteiger partial charge in [-0.05, 0) is 73.9 Å². The Morgan fingerprint density at radius 1 is 1.07 bits per heavy atom. The fourth-order valence-electron chi connectivity index (χ4n) is 4.69. The summed E-state index contributed by atoms with van der Waals surface area (Å²) in [5.74, 6) is 1.40. The molecular weight excluding hydrogens is 340 g/mol. The van der Waals surface area contributed by atoms with Gasteiger partial charge in [-0.1, -0.05) is 68.7 Å². The first-order valence-electron chi connectivity index (χ1n) is 11.0. The van der Waals surface area contributed by atoms with E-state index in [4.69, 9.17) is 0 Å². The maximum Gasteiger partial charge on any atom is 0.0994 e. The molecule has 1 aliphatic rings. The Morgan fingerprint density at radius 2 is 1.82 bits per heavy atom. The second-order valence-corrected chi connectivity index (χ2v) is 8.39. The Bertz CT molecular complexity index is 767. The van der Waals surface area contributed by atoms with Crippen molar-refractivity contribution < 1.29 is 0 Å². The monoisotopic (exact) mass is 374 g/mol. The van der Waals surface area contributed by atoms with Gasteiger partial charge in [-0.2, -0.15) is 5.26 Å². The van der Waals surface area contributed by atoms with Crippen LogP contribution in [0.4, 0.5) is 0 Å². The maximum atomic E-state index is 9.26. The van der Waals surface area contributed by atoms with Gasteiger partial charge in [-0.25, -0.2) is 0 Å². The SMILES string of the molecule is CCCCCC(c1ccc(C#N)c(C)c1)C1CCN(Cc2ccccc2)CC1. The number of unbranched alkanes of at least 4 members (excludes halogenated alkanes) is 2. The van der Waals surface area contributed by atoms with E-state index in [-0.39, 0.29) is 0 Å². The topological polar surface area (TPSA) is 27.0 Å². The Morgan fingerprint density at radius 3 is 2.46 bits per heavy atom. The summed E-state index contributed by atoms with van der Waals surface area (Å²) >= 11 is 0. The number of nitriles is 1. The van der Waals surface area contributed by atoms with Crippen LogP contribution in [0, 0.1) is 24.2 Å². The van der Waals surface area contributed by atoms with Crippen LogP contribution in [-0.2, 0) is 6.54 Å². The van der Waals surface area contributed by atoms with E-state index >= 15 is 0 Å². The van der Waals surface area contributed by atoms with Gasteiger partial charge in [-0.3, -0.25) is 4.90 Å². The van der Waals surface area contributed by atoms with Gasteiger partial charge in [0.1, 0.15) is 0 Å². The zero-order valence-electron chi connectivity index (χ0n) is 17.5. The number of benzene rings is 2. The summed E-state index contributed by atoms with van der Waals surface area (Å²) in [6.07, 6.45) is 7.74. The van der Waals surface area contributed by atoms with Gasteiger partial charge in [0.2, 0.25) is 0 Å². The summed E-state index contributed by atoms with van der Waals surface area (Å²) in [6.45, 7) is 7.82. The fourth-order valence-corrected chi connectivity index (χ4v) is 4.69. The lowest BCUT2D eigenvalue weighted by atomic mass is 9.76. The van der Waals surface area contributed by atoms with Gasteiger partial charge in [0, 0.05) is 6.54 Å². The zero-order chi connectivity index (χ0) is 19.8. The van der Waals surface area contributed by atoms with Crippen molar-refractivity contribution in [2.45, 2.75) is 64.8 Å². The second kappa shape index (κ2) is 10.4. The van der Waals surface area contributed by atoms with Crippen molar-refractivity contribution in [3.63, 3.8) is 0 Å². The lowest BCUT2D eigenvalue weighted by molar-refractivity contribution is 0.158. The highest BCUT2D eigenvalue weighted by Gasteiger charge is 2.27. The van der Waals surface area contributed by atoms with Crippen LogP contribution in [0.15, 0.2) is 48.5 Å². The largest absolute Gasteiger partial charge is 0.299 e. The minimum absolute atomic E-state index is 0.636. The number of piperidine rings is 1. The molecule has 1 unspecified atom stereocenters. The molecule has 0 amide bonds. The average Bonchev–Trinajstić information content (AvgIpc) is 2.73. The van der Waals surface area contributed by atoms with Crippen molar-refractivity contribution in [3.8, 4) is 6.07 Å². The summed E-state index contributed by atoms with van der Waals surface area (Å²) in [7, 11) is 0. The molecular formula is C26H34N2. The van der Waals surface area contributed by atoms with E-state index in [9.17, 15) is 5.26 Å². The molecule has 28 heavy (non-hydrogen) atoms. The van der Waals surface area contributed by atoms with E-state index in [1.807, 2.05) is 6.07 Å². The van der Waals surface area contributed by atoms with Gasteiger partial charge in [-0.15, -0.1) is 0 Å². The molecule has 0 N–H and O–H groups in total. The van der Waals surface area contributed by atoms with E-state index in [2.05, 4.69) is 67.3 Å². The van der Waals surface area contributed by atoms with Crippen LogP contribution in [0.1, 0.15) is 73.6 Å². The molecule has 1 heterocycles. The molecule has 3 rings (SSSR count). The van der Waals surface area contributed by atoms with Gasteiger partial charge in [0.25, 0.3) is 0 Å². The van der Waals surface area contributed by atoms with E-state index in [0.717, 1.165) is 23.6 Å². The maximum absolute atomic E-state index is 9.26. The van der Waals surface area contributed by atoms with Crippen molar-refractivity contribution in [2.75, 3.05) is 13.1 Å². The molecule has 0 bridgehead atoms. The number of rotatable bonds is 8. The Labute approximate surface area is 171 Å². The lowest BCUT2D eigenvalue weighted by Crippen LogP contribution is -2.35. The third-order valence-corrected chi connectivity index (χ3v) is 6.37. The number of hydrogen-bond donors (Lipinski definition) is 0. The number of aryl methyl sites for hydroxylation is 1. The lowest BCUT2D eigenvalue weighted by Gasteiger charge is -2.36. The second-order valence-electron chi connectivity index (χ2n) is 8.39. The number of hydrogen-bond acceptors (Lipinski definition) is 2. The molecule has 0 saturated carbocycles. The number of nitrogens with zero attached hydrogens (tertiary/aromatic N) is 2. The summed E-state index contributed by atoms with van der Waals surface area (Å²) in [4.78, 5) is 2.61. The van der Waals surface area contributed by atoms with Crippen LogP contribution in [-0.4, -0.2) is 18.0 Å². The van der Waals surface area contributed by atoms with E-state index in [0.29, 0.717) is 5.92 Å². The molecule has 148 valence electrons. The van der Waals surface area contributed by atoms with Crippen LogP contribution in [0.25, 0.3) is 0 Å². The molecule has 1 aliphatic heterocycles. The molecule has 1 fully saturated rings. The fraction of sp³-hybridized carbons (Fsp3) is 0.500. The Hall–Kier alpha value is -2.11. The first kappa shape index (κ1) is 20.6. The van der Waals surface area contributed by atoms with Crippen molar-refractivity contribution in [2.24, 2.45) is 5.92 Å². The Balaban J connectivity index is 1.66. The van der Waals surface area contributed by atoms with Gasteiger partial charge < -0.3 is 0 Å². The van der Waals surface area contributed by atoms with E-state index in [1.165, 1.54) is 62.7 Å². The summed E-state index contributed by atoms with van der Waals surface area (Å²) < 4.78 is 0. The first-order valence-corrected chi connectivity index (χ1v) is 11.0. The molecule has 0 radical (unpaired) electrons. The third kappa shape index (κ3) is 5.46. The van der Waals surface area contributed by atoms with Crippen LogP contribution in [0.2, 0.25) is 0 Å². The van der Waals surface area contributed by atoms with Crippen molar-refractivity contribution in [1.82, 2.24) is 4.90 Å². The quantitative estimate of drug-likeness (QED) is 0.497. The summed E-state index contributed by atoms with van der Waals surface area (Å²) in [6, 6.07) is 19.7. The molecule has 2 heteroatoms. The van der Waals surface area contributed by atoms with Gasteiger partial charge >= 0.3 is 0 Å². The smallest absolute Gasteiger partial charge is 0.0994 e. The molecule has 1 saturated heterocycles. The average molecular weight is 375 g/mol. The number of likely N-dealkylation sites (tertiary alicyclic amines) is 1. The molecule has 0 aliphatic carbocycles. The Kier molecular flexibility index (Phi) is 7.69. The van der Waals surface area contributed by atoms with Gasteiger partial charge in [0.05, 0.1) is 11.6 Å². The minimum atomic E-state index is 0.636. The van der Waals surface area contributed by atoms with Crippen molar-refractivity contribution >= 4 is 0 Å².